The van der Waals surface area contributed by atoms with E-state index in [-0.39, 0.29) is 11.3 Å². The number of carboxylic acid groups (broad SMARTS) is 1. The summed E-state index contributed by atoms with van der Waals surface area (Å²) in [6.45, 7) is 4.26. The van der Waals surface area contributed by atoms with E-state index in [1.165, 1.54) is 18.2 Å². The molecule has 4 heteroatoms. The molecule has 0 bridgehead atoms. The predicted molar refractivity (Wildman–Crippen MR) is 77.2 cm³/mol. The molecule has 0 aliphatic carbocycles. The van der Waals surface area contributed by atoms with Crippen LogP contribution in [0.2, 0.25) is 0 Å². The monoisotopic (exact) mass is 273 g/mol. The third-order valence-corrected chi connectivity index (χ3v) is 3.21. The van der Waals surface area contributed by atoms with Gasteiger partial charge in [0, 0.05) is 12.2 Å². The molecule has 1 N–H and O–H groups in total. The van der Waals surface area contributed by atoms with E-state index in [1.807, 2.05) is 38.1 Å². The molecular formula is C16H16FNO2. The van der Waals surface area contributed by atoms with Crippen LogP contribution in [0.3, 0.4) is 0 Å². The van der Waals surface area contributed by atoms with Crippen LogP contribution in [0.1, 0.15) is 22.8 Å². The van der Waals surface area contributed by atoms with E-state index in [4.69, 9.17) is 0 Å². The fourth-order valence-electron chi connectivity index (χ4n) is 2.28. The lowest BCUT2D eigenvalue weighted by atomic mass is 10.1. The van der Waals surface area contributed by atoms with Crippen molar-refractivity contribution in [2.45, 2.75) is 13.8 Å². The van der Waals surface area contributed by atoms with Gasteiger partial charge in [-0.2, -0.15) is 0 Å². The van der Waals surface area contributed by atoms with Crippen molar-refractivity contribution in [1.29, 1.82) is 0 Å². The van der Waals surface area contributed by atoms with Crippen molar-refractivity contribution >= 4 is 17.3 Å². The van der Waals surface area contributed by atoms with Crippen LogP contribution in [0.15, 0.2) is 42.5 Å². The summed E-state index contributed by atoms with van der Waals surface area (Å²) in [5, 5.41) is 9.26. The van der Waals surface area contributed by atoms with Crippen molar-refractivity contribution in [3.8, 4) is 0 Å². The fraction of sp³-hybridized carbons (Fsp3) is 0.188. The lowest BCUT2D eigenvalue weighted by molar-refractivity contribution is 0.0697. The molecule has 0 unspecified atom stereocenters. The molecule has 2 aromatic carbocycles. The summed E-state index contributed by atoms with van der Waals surface area (Å²) in [7, 11) is 0. The van der Waals surface area contributed by atoms with Crippen LogP contribution in [0.4, 0.5) is 15.8 Å². The molecule has 2 aromatic rings. The fourth-order valence-corrected chi connectivity index (χ4v) is 2.28. The maximum Gasteiger partial charge on any atom is 0.337 e. The Morgan fingerprint density at radius 1 is 1.20 bits per heavy atom. The van der Waals surface area contributed by atoms with Gasteiger partial charge in [-0.05, 0) is 37.6 Å². The smallest absolute Gasteiger partial charge is 0.337 e. The summed E-state index contributed by atoms with van der Waals surface area (Å²) in [5.74, 6) is -1.67. The van der Waals surface area contributed by atoms with Crippen molar-refractivity contribution in [2.75, 3.05) is 11.4 Å². The number of anilines is 2. The summed E-state index contributed by atoms with van der Waals surface area (Å²) < 4.78 is 14.2. The molecule has 2 rings (SSSR count). The Bertz CT molecular complexity index is 640. The van der Waals surface area contributed by atoms with Crippen LogP contribution in [0.5, 0.6) is 0 Å². The van der Waals surface area contributed by atoms with Gasteiger partial charge in [0.15, 0.2) is 0 Å². The van der Waals surface area contributed by atoms with Crippen molar-refractivity contribution < 1.29 is 14.3 Å². The highest BCUT2D eigenvalue weighted by atomic mass is 19.1. The van der Waals surface area contributed by atoms with Crippen molar-refractivity contribution in [1.82, 2.24) is 0 Å². The minimum atomic E-state index is -1.13. The van der Waals surface area contributed by atoms with E-state index in [2.05, 4.69) is 0 Å². The standard InChI is InChI=1S/C16H16FNO2/c1-3-18(14-10-5-4-7-11(14)2)15-12(16(19)20)8-6-9-13(15)17/h4-10H,3H2,1-2H3,(H,19,20). The Morgan fingerprint density at radius 3 is 2.50 bits per heavy atom. The first-order chi connectivity index (χ1) is 9.56. The minimum Gasteiger partial charge on any atom is -0.478 e. The second kappa shape index (κ2) is 5.74. The zero-order valence-electron chi connectivity index (χ0n) is 11.4. The molecule has 0 saturated heterocycles. The highest BCUT2D eigenvalue weighted by Crippen LogP contribution is 2.32. The summed E-state index contributed by atoms with van der Waals surface area (Å²) >= 11 is 0. The van der Waals surface area contributed by atoms with E-state index >= 15 is 0 Å². The maximum absolute atomic E-state index is 14.2. The molecule has 3 nitrogen and oxygen atoms in total. The topological polar surface area (TPSA) is 40.5 Å². The average molecular weight is 273 g/mol. The van der Waals surface area contributed by atoms with Gasteiger partial charge < -0.3 is 10.0 Å². The minimum absolute atomic E-state index is 0.0323. The van der Waals surface area contributed by atoms with E-state index in [0.29, 0.717) is 6.54 Å². The first-order valence-electron chi connectivity index (χ1n) is 6.41. The summed E-state index contributed by atoms with van der Waals surface area (Å²) in [5.41, 5.74) is 1.85. The van der Waals surface area contributed by atoms with E-state index in [0.717, 1.165) is 11.3 Å². The number of carbonyl (C=O) groups is 1. The Hall–Kier alpha value is -2.36. The Kier molecular flexibility index (Phi) is 4.03. The number of rotatable bonds is 4. The Morgan fingerprint density at radius 2 is 1.90 bits per heavy atom. The molecule has 20 heavy (non-hydrogen) atoms. The zero-order valence-corrected chi connectivity index (χ0v) is 11.4. The molecule has 0 aliphatic heterocycles. The lowest BCUT2D eigenvalue weighted by Crippen LogP contribution is -2.21. The number of aryl methyl sites for hydroxylation is 1. The van der Waals surface area contributed by atoms with Crippen molar-refractivity contribution in [3.05, 3.63) is 59.4 Å². The van der Waals surface area contributed by atoms with Gasteiger partial charge in [-0.25, -0.2) is 9.18 Å². The third kappa shape index (κ3) is 2.50. The number of halogens is 1. The van der Waals surface area contributed by atoms with Gasteiger partial charge in [0.25, 0.3) is 0 Å². The highest BCUT2D eigenvalue weighted by Gasteiger charge is 2.21. The largest absolute Gasteiger partial charge is 0.478 e. The van der Waals surface area contributed by atoms with Gasteiger partial charge in [0.1, 0.15) is 5.82 Å². The Labute approximate surface area is 117 Å². The molecule has 0 saturated carbocycles. The lowest BCUT2D eigenvalue weighted by Gasteiger charge is -2.26. The van der Waals surface area contributed by atoms with Crippen LogP contribution in [0.25, 0.3) is 0 Å². The molecule has 0 aliphatic rings. The Balaban J connectivity index is 2.64. The number of benzene rings is 2. The molecule has 0 atom stereocenters. The van der Waals surface area contributed by atoms with Gasteiger partial charge in [0.2, 0.25) is 0 Å². The third-order valence-electron chi connectivity index (χ3n) is 3.21. The van der Waals surface area contributed by atoms with Gasteiger partial charge in [-0.3, -0.25) is 0 Å². The van der Waals surface area contributed by atoms with Crippen molar-refractivity contribution in [2.24, 2.45) is 0 Å². The SMILES string of the molecule is CCN(c1ccccc1C)c1c(F)cccc1C(=O)O. The second-order valence-electron chi connectivity index (χ2n) is 4.47. The van der Waals surface area contributed by atoms with Crippen LogP contribution in [-0.2, 0) is 0 Å². The van der Waals surface area contributed by atoms with Gasteiger partial charge in [-0.1, -0.05) is 24.3 Å². The second-order valence-corrected chi connectivity index (χ2v) is 4.47. The molecule has 0 radical (unpaired) electrons. The highest BCUT2D eigenvalue weighted by molar-refractivity contribution is 5.96. The van der Waals surface area contributed by atoms with Crippen molar-refractivity contribution in [3.63, 3.8) is 0 Å². The average Bonchev–Trinajstić information content (AvgIpc) is 2.43. The quantitative estimate of drug-likeness (QED) is 0.915. The van der Waals surface area contributed by atoms with E-state index in [9.17, 15) is 14.3 Å². The number of para-hydroxylation sites is 2. The number of carboxylic acids is 1. The molecule has 104 valence electrons. The van der Waals surface area contributed by atoms with E-state index in [1.54, 1.807) is 4.90 Å². The number of aromatic carboxylic acids is 1. The normalized spacial score (nSPS) is 10.3. The molecule has 0 heterocycles. The van der Waals surface area contributed by atoms with Crippen LogP contribution in [-0.4, -0.2) is 17.6 Å². The molecule has 0 spiro atoms. The zero-order chi connectivity index (χ0) is 14.7. The maximum atomic E-state index is 14.2. The summed E-state index contributed by atoms with van der Waals surface area (Å²) in [6.07, 6.45) is 0. The molecule has 0 aromatic heterocycles. The number of nitrogens with zero attached hydrogens (tertiary/aromatic N) is 1. The molecule has 0 fully saturated rings. The van der Waals surface area contributed by atoms with Gasteiger partial charge >= 0.3 is 5.97 Å². The number of hydrogen-bond donors (Lipinski definition) is 1. The van der Waals surface area contributed by atoms with Crippen LogP contribution < -0.4 is 4.90 Å². The first-order valence-corrected chi connectivity index (χ1v) is 6.41. The molecular weight excluding hydrogens is 257 g/mol. The van der Waals surface area contributed by atoms with E-state index < -0.39 is 11.8 Å². The summed E-state index contributed by atoms with van der Waals surface area (Å²) in [4.78, 5) is 13.0. The van der Waals surface area contributed by atoms with Crippen LogP contribution in [0, 0.1) is 12.7 Å². The number of hydrogen-bond acceptors (Lipinski definition) is 2. The molecule has 0 amide bonds. The first kappa shape index (κ1) is 14.1. The predicted octanol–water partition coefficient (Wildman–Crippen LogP) is 3.99. The summed E-state index contributed by atoms with van der Waals surface area (Å²) in [6, 6.07) is 11.6. The van der Waals surface area contributed by atoms with Gasteiger partial charge in [0.05, 0.1) is 11.3 Å². The van der Waals surface area contributed by atoms with Crippen LogP contribution >= 0.6 is 0 Å². The van der Waals surface area contributed by atoms with Gasteiger partial charge in [-0.15, -0.1) is 0 Å².